The van der Waals surface area contributed by atoms with Gasteiger partial charge in [-0.1, -0.05) is 48.5 Å². The number of hydrogen-bond acceptors (Lipinski definition) is 2. The monoisotopic (exact) mass is 285 g/mol. The van der Waals surface area contributed by atoms with Gasteiger partial charge < -0.3 is 4.90 Å². The number of benzene rings is 3. The Morgan fingerprint density at radius 3 is 2.14 bits per heavy atom. The number of para-hydroxylation sites is 3. The Morgan fingerprint density at radius 2 is 1.32 bits per heavy atom. The van der Waals surface area contributed by atoms with E-state index in [4.69, 9.17) is 0 Å². The second-order valence-electron chi connectivity index (χ2n) is 5.42. The van der Waals surface area contributed by atoms with Crippen molar-refractivity contribution in [3.63, 3.8) is 0 Å². The average Bonchev–Trinajstić information content (AvgIpc) is 2.70. The lowest BCUT2D eigenvalue weighted by Crippen LogP contribution is -2.11. The smallest absolute Gasteiger partial charge is 0.169 e. The van der Waals surface area contributed by atoms with Crippen LogP contribution in [0.25, 0.3) is 0 Å². The van der Waals surface area contributed by atoms with Crippen LogP contribution < -0.4 is 4.90 Å². The van der Waals surface area contributed by atoms with Crippen molar-refractivity contribution in [1.82, 2.24) is 0 Å². The molecule has 106 valence electrons. The molecule has 0 spiro atoms. The van der Waals surface area contributed by atoms with Crippen molar-refractivity contribution in [2.75, 3.05) is 4.90 Å². The van der Waals surface area contributed by atoms with Crippen LogP contribution in [0.2, 0.25) is 0 Å². The summed E-state index contributed by atoms with van der Waals surface area (Å²) in [5.74, 6) is 0.168. The first-order valence-corrected chi connectivity index (χ1v) is 7.40. The van der Waals surface area contributed by atoms with E-state index >= 15 is 0 Å². The molecular weight excluding hydrogens is 270 g/mol. The van der Waals surface area contributed by atoms with Crippen LogP contribution in [-0.2, 0) is 6.42 Å². The highest BCUT2D eigenvalue weighted by Crippen LogP contribution is 2.41. The molecule has 0 aliphatic carbocycles. The fourth-order valence-electron chi connectivity index (χ4n) is 3.04. The Hall–Kier alpha value is -2.87. The van der Waals surface area contributed by atoms with Gasteiger partial charge in [0.15, 0.2) is 5.78 Å². The third kappa shape index (κ3) is 2.01. The number of carbonyl (C=O) groups is 1. The van der Waals surface area contributed by atoms with Crippen LogP contribution in [0.4, 0.5) is 17.1 Å². The van der Waals surface area contributed by atoms with Gasteiger partial charge in [0.25, 0.3) is 0 Å². The summed E-state index contributed by atoms with van der Waals surface area (Å²) in [5, 5.41) is 0. The molecule has 0 atom stereocenters. The van der Waals surface area contributed by atoms with Gasteiger partial charge in [-0.15, -0.1) is 0 Å². The minimum absolute atomic E-state index is 0.168. The summed E-state index contributed by atoms with van der Waals surface area (Å²) in [6, 6.07) is 26.2. The maximum absolute atomic E-state index is 12.6. The minimum atomic E-state index is 0.168. The molecule has 2 nitrogen and oxygen atoms in total. The standard InChI is InChI=1S/C20H15NO/c22-20-14-15-8-4-6-12-18(15)21(16-9-2-1-3-10-16)19-13-7-5-11-17(19)20/h1-13H,14H2. The molecule has 0 aromatic heterocycles. The molecule has 0 saturated carbocycles. The topological polar surface area (TPSA) is 20.3 Å². The van der Waals surface area contributed by atoms with Crippen molar-refractivity contribution in [3.8, 4) is 0 Å². The van der Waals surface area contributed by atoms with Crippen LogP contribution in [0.5, 0.6) is 0 Å². The molecule has 0 N–H and O–H groups in total. The van der Waals surface area contributed by atoms with E-state index in [0.717, 1.165) is 28.2 Å². The summed E-state index contributed by atoms with van der Waals surface area (Å²) in [7, 11) is 0. The van der Waals surface area contributed by atoms with E-state index in [-0.39, 0.29) is 5.78 Å². The maximum Gasteiger partial charge on any atom is 0.169 e. The van der Waals surface area contributed by atoms with Crippen LogP contribution in [0.3, 0.4) is 0 Å². The van der Waals surface area contributed by atoms with Crippen molar-refractivity contribution in [1.29, 1.82) is 0 Å². The van der Waals surface area contributed by atoms with Crippen LogP contribution in [0.1, 0.15) is 15.9 Å². The molecule has 4 rings (SSSR count). The van der Waals surface area contributed by atoms with Gasteiger partial charge in [-0.05, 0) is 35.9 Å². The number of nitrogens with zero attached hydrogens (tertiary/aromatic N) is 1. The quantitative estimate of drug-likeness (QED) is 0.634. The average molecular weight is 285 g/mol. The van der Waals surface area contributed by atoms with Gasteiger partial charge in [0, 0.05) is 23.4 Å². The molecule has 3 aromatic rings. The highest BCUT2D eigenvalue weighted by Gasteiger charge is 2.25. The molecule has 1 aliphatic rings. The molecule has 0 amide bonds. The molecule has 1 heterocycles. The molecule has 0 unspecified atom stereocenters. The van der Waals surface area contributed by atoms with Gasteiger partial charge >= 0.3 is 0 Å². The van der Waals surface area contributed by atoms with E-state index in [1.165, 1.54) is 0 Å². The zero-order valence-corrected chi connectivity index (χ0v) is 12.1. The molecule has 0 fully saturated rings. The predicted molar refractivity (Wildman–Crippen MR) is 89.2 cm³/mol. The van der Waals surface area contributed by atoms with Crippen molar-refractivity contribution in [3.05, 3.63) is 90.0 Å². The number of fused-ring (bicyclic) bond motifs is 2. The van der Waals surface area contributed by atoms with E-state index < -0.39 is 0 Å². The number of rotatable bonds is 1. The highest BCUT2D eigenvalue weighted by atomic mass is 16.1. The zero-order chi connectivity index (χ0) is 14.9. The Kier molecular flexibility index (Phi) is 3.01. The molecule has 2 heteroatoms. The Morgan fingerprint density at radius 1 is 0.682 bits per heavy atom. The third-order valence-electron chi connectivity index (χ3n) is 4.04. The number of ketones is 1. The Labute approximate surface area is 129 Å². The number of hydrogen-bond donors (Lipinski definition) is 0. The van der Waals surface area contributed by atoms with Crippen LogP contribution in [-0.4, -0.2) is 5.78 Å². The van der Waals surface area contributed by atoms with Gasteiger partial charge in [0.05, 0.1) is 5.69 Å². The van der Waals surface area contributed by atoms with Crippen LogP contribution in [0.15, 0.2) is 78.9 Å². The maximum atomic E-state index is 12.6. The minimum Gasteiger partial charge on any atom is -0.309 e. The lowest BCUT2D eigenvalue weighted by molar-refractivity contribution is 0.0994. The fraction of sp³-hybridized carbons (Fsp3) is 0.0500. The van der Waals surface area contributed by atoms with Crippen molar-refractivity contribution < 1.29 is 4.79 Å². The number of anilines is 3. The summed E-state index contributed by atoms with van der Waals surface area (Å²) in [6.45, 7) is 0. The van der Waals surface area contributed by atoms with Crippen molar-refractivity contribution >= 4 is 22.8 Å². The Bertz CT molecular complexity index is 839. The summed E-state index contributed by atoms with van der Waals surface area (Å²) in [6.07, 6.45) is 0.441. The first-order chi connectivity index (χ1) is 10.8. The summed E-state index contributed by atoms with van der Waals surface area (Å²) < 4.78 is 0. The summed E-state index contributed by atoms with van der Waals surface area (Å²) >= 11 is 0. The number of Topliss-reactive ketones (excluding diaryl/α,β-unsaturated/α-hetero) is 1. The number of carbonyl (C=O) groups excluding carboxylic acids is 1. The van der Waals surface area contributed by atoms with E-state index in [1.54, 1.807) is 0 Å². The zero-order valence-electron chi connectivity index (χ0n) is 12.1. The summed E-state index contributed by atoms with van der Waals surface area (Å²) in [4.78, 5) is 14.8. The van der Waals surface area contributed by atoms with Gasteiger partial charge in [-0.25, -0.2) is 0 Å². The molecule has 1 aliphatic heterocycles. The fourth-order valence-corrected chi connectivity index (χ4v) is 3.04. The molecule has 0 radical (unpaired) electrons. The molecule has 0 saturated heterocycles. The molecule has 3 aromatic carbocycles. The van der Waals surface area contributed by atoms with Crippen LogP contribution >= 0.6 is 0 Å². The van der Waals surface area contributed by atoms with E-state index in [1.807, 2.05) is 60.7 Å². The van der Waals surface area contributed by atoms with Gasteiger partial charge in [0.1, 0.15) is 0 Å². The lowest BCUT2D eigenvalue weighted by atomic mass is 10.0. The van der Waals surface area contributed by atoms with Gasteiger partial charge in [-0.3, -0.25) is 4.79 Å². The normalized spacial score (nSPS) is 13.3. The van der Waals surface area contributed by atoms with Gasteiger partial charge in [0.2, 0.25) is 0 Å². The van der Waals surface area contributed by atoms with Crippen molar-refractivity contribution in [2.45, 2.75) is 6.42 Å². The van der Waals surface area contributed by atoms with E-state index in [2.05, 4.69) is 23.1 Å². The molecule has 0 bridgehead atoms. The molecular formula is C20H15NO. The van der Waals surface area contributed by atoms with E-state index in [0.29, 0.717) is 6.42 Å². The third-order valence-corrected chi connectivity index (χ3v) is 4.04. The van der Waals surface area contributed by atoms with Crippen molar-refractivity contribution in [2.24, 2.45) is 0 Å². The Balaban J connectivity index is 2.03. The first-order valence-electron chi connectivity index (χ1n) is 7.40. The molecule has 22 heavy (non-hydrogen) atoms. The second-order valence-corrected chi connectivity index (χ2v) is 5.42. The predicted octanol–water partition coefficient (Wildman–Crippen LogP) is 4.90. The lowest BCUT2D eigenvalue weighted by Gasteiger charge is -2.26. The first kappa shape index (κ1) is 12.8. The largest absolute Gasteiger partial charge is 0.309 e. The van der Waals surface area contributed by atoms with Gasteiger partial charge in [-0.2, -0.15) is 0 Å². The SMILES string of the molecule is O=C1Cc2ccccc2N(c2ccccc2)c2ccccc21. The highest BCUT2D eigenvalue weighted by molar-refractivity contribution is 6.07. The van der Waals surface area contributed by atoms with Crippen LogP contribution in [0, 0.1) is 0 Å². The second kappa shape index (κ2) is 5.15. The van der Waals surface area contributed by atoms with E-state index in [9.17, 15) is 4.79 Å². The summed E-state index contributed by atoms with van der Waals surface area (Å²) in [5.41, 5.74) is 4.93.